The summed E-state index contributed by atoms with van der Waals surface area (Å²) in [7, 11) is 0. The van der Waals surface area contributed by atoms with Crippen molar-refractivity contribution in [2.24, 2.45) is 0 Å². The van der Waals surface area contributed by atoms with Gasteiger partial charge in [-0.1, -0.05) is 11.3 Å². The van der Waals surface area contributed by atoms with E-state index in [1.165, 1.54) is 24.2 Å². The van der Waals surface area contributed by atoms with Crippen LogP contribution in [-0.4, -0.2) is 17.3 Å². The van der Waals surface area contributed by atoms with Gasteiger partial charge in [-0.2, -0.15) is 0 Å². The van der Waals surface area contributed by atoms with Crippen LogP contribution in [0.15, 0.2) is 29.0 Å². The number of carbonyl (C=O) groups is 1. The SMILES string of the molecule is O=Cc1cnc(N(Cc2ccco2)C2CC2)s1. The second kappa shape index (κ2) is 4.33. The van der Waals surface area contributed by atoms with Crippen LogP contribution in [0.1, 0.15) is 28.3 Å². The van der Waals surface area contributed by atoms with Gasteiger partial charge in [0.2, 0.25) is 0 Å². The number of aldehydes is 1. The molecule has 0 N–H and O–H groups in total. The topological polar surface area (TPSA) is 46.3 Å². The van der Waals surface area contributed by atoms with Gasteiger partial charge in [-0.15, -0.1) is 0 Å². The van der Waals surface area contributed by atoms with Crippen LogP contribution < -0.4 is 4.90 Å². The average Bonchev–Trinajstić information content (AvgIpc) is 2.88. The third-order valence-corrected chi connectivity index (χ3v) is 3.73. The molecule has 0 spiro atoms. The maximum atomic E-state index is 10.7. The van der Waals surface area contributed by atoms with Crippen molar-refractivity contribution in [3.63, 3.8) is 0 Å². The molecule has 0 saturated heterocycles. The van der Waals surface area contributed by atoms with Crippen LogP contribution in [0, 0.1) is 0 Å². The number of carbonyl (C=O) groups excluding carboxylic acids is 1. The van der Waals surface area contributed by atoms with Crippen LogP contribution >= 0.6 is 11.3 Å². The van der Waals surface area contributed by atoms with E-state index in [2.05, 4.69) is 9.88 Å². The molecule has 5 heteroatoms. The Bertz CT molecular complexity index is 502. The van der Waals surface area contributed by atoms with E-state index in [1.807, 2.05) is 12.1 Å². The minimum Gasteiger partial charge on any atom is -0.467 e. The number of aromatic nitrogens is 1. The molecule has 3 rings (SSSR count). The van der Waals surface area contributed by atoms with Gasteiger partial charge >= 0.3 is 0 Å². The van der Waals surface area contributed by atoms with E-state index >= 15 is 0 Å². The Balaban J connectivity index is 1.82. The van der Waals surface area contributed by atoms with Crippen LogP contribution in [0.3, 0.4) is 0 Å². The predicted octanol–water partition coefficient (Wildman–Crippen LogP) is 2.72. The maximum absolute atomic E-state index is 10.7. The summed E-state index contributed by atoms with van der Waals surface area (Å²) in [6.07, 6.45) is 6.54. The molecule has 4 nitrogen and oxygen atoms in total. The smallest absolute Gasteiger partial charge is 0.186 e. The quantitative estimate of drug-likeness (QED) is 0.763. The van der Waals surface area contributed by atoms with Crippen LogP contribution in [0.4, 0.5) is 5.13 Å². The molecule has 1 saturated carbocycles. The first kappa shape index (κ1) is 10.5. The second-order valence-corrected chi connectivity index (χ2v) is 5.14. The van der Waals surface area contributed by atoms with Gasteiger partial charge in [-0.3, -0.25) is 4.79 Å². The molecule has 0 amide bonds. The number of furan rings is 1. The first-order valence-electron chi connectivity index (χ1n) is 5.57. The third-order valence-electron chi connectivity index (χ3n) is 2.77. The first-order valence-corrected chi connectivity index (χ1v) is 6.38. The van der Waals surface area contributed by atoms with Gasteiger partial charge in [0.25, 0.3) is 0 Å². The number of nitrogens with zero attached hydrogens (tertiary/aromatic N) is 2. The highest BCUT2D eigenvalue weighted by Gasteiger charge is 2.31. The van der Waals surface area contributed by atoms with Gasteiger partial charge in [0.15, 0.2) is 11.4 Å². The molecule has 0 bridgehead atoms. The molecule has 0 radical (unpaired) electrons. The monoisotopic (exact) mass is 248 g/mol. The third kappa shape index (κ3) is 2.24. The minimum atomic E-state index is 0.547. The van der Waals surface area contributed by atoms with Gasteiger partial charge in [0, 0.05) is 6.04 Å². The summed E-state index contributed by atoms with van der Waals surface area (Å²) in [6.45, 7) is 0.726. The maximum Gasteiger partial charge on any atom is 0.186 e. The average molecular weight is 248 g/mol. The molecule has 0 unspecified atom stereocenters. The highest BCUT2D eigenvalue weighted by Crippen LogP contribution is 2.35. The molecule has 88 valence electrons. The van der Waals surface area contributed by atoms with E-state index in [0.29, 0.717) is 10.9 Å². The molecule has 2 aromatic rings. The summed E-state index contributed by atoms with van der Waals surface area (Å²) in [5.74, 6) is 0.930. The highest BCUT2D eigenvalue weighted by molar-refractivity contribution is 7.17. The molecular weight excluding hydrogens is 236 g/mol. The summed E-state index contributed by atoms with van der Waals surface area (Å²) in [5, 5.41) is 0.908. The van der Waals surface area contributed by atoms with E-state index in [9.17, 15) is 4.79 Å². The Hall–Kier alpha value is -1.62. The van der Waals surface area contributed by atoms with Crippen LogP contribution in [0.2, 0.25) is 0 Å². The lowest BCUT2D eigenvalue weighted by Gasteiger charge is -2.19. The van der Waals surface area contributed by atoms with Crippen molar-refractivity contribution in [3.8, 4) is 0 Å². The van der Waals surface area contributed by atoms with Crippen molar-refractivity contribution in [1.82, 2.24) is 4.98 Å². The number of hydrogen-bond donors (Lipinski definition) is 0. The zero-order chi connectivity index (χ0) is 11.7. The summed E-state index contributed by atoms with van der Waals surface area (Å²) in [6, 6.07) is 4.40. The lowest BCUT2D eigenvalue weighted by molar-refractivity contribution is 0.112. The molecular formula is C12H12N2O2S. The molecule has 2 heterocycles. The Morgan fingerprint density at radius 2 is 2.47 bits per heavy atom. The van der Waals surface area contributed by atoms with Crippen molar-refractivity contribution < 1.29 is 9.21 Å². The minimum absolute atomic E-state index is 0.547. The molecule has 1 fully saturated rings. The van der Waals surface area contributed by atoms with E-state index in [0.717, 1.165) is 23.7 Å². The Kier molecular flexibility index (Phi) is 2.68. The fourth-order valence-corrected chi connectivity index (χ4v) is 2.57. The van der Waals surface area contributed by atoms with Crippen molar-refractivity contribution in [2.45, 2.75) is 25.4 Å². The first-order chi connectivity index (χ1) is 8.36. The Morgan fingerprint density at radius 1 is 1.59 bits per heavy atom. The zero-order valence-corrected chi connectivity index (χ0v) is 10.0. The molecule has 2 aromatic heterocycles. The molecule has 0 aromatic carbocycles. The van der Waals surface area contributed by atoms with Gasteiger partial charge in [0.1, 0.15) is 5.76 Å². The lowest BCUT2D eigenvalue weighted by Crippen LogP contribution is -2.24. The second-order valence-electron chi connectivity index (χ2n) is 4.10. The fourth-order valence-electron chi connectivity index (χ4n) is 1.77. The van der Waals surface area contributed by atoms with Crippen molar-refractivity contribution in [2.75, 3.05) is 4.90 Å². The van der Waals surface area contributed by atoms with Gasteiger partial charge < -0.3 is 9.32 Å². The van der Waals surface area contributed by atoms with Crippen molar-refractivity contribution >= 4 is 22.8 Å². The molecule has 0 aliphatic heterocycles. The normalized spacial score (nSPS) is 14.8. The standard InChI is InChI=1S/C12H12N2O2S/c15-8-11-6-13-12(17-11)14(9-3-4-9)7-10-2-1-5-16-10/h1-2,5-6,8-9H,3-4,7H2. The summed E-state index contributed by atoms with van der Waals surface area (Å²) >= 11 is 1.44. The number of thiazole rings is 1. The largest absolute Gasteiger partial charge is 0.467 e. The zero-order valence-electron chi connectivity index (χ0n) is 9.20. The predicted molar refractivity (Wildman–Crippen MR) is 65.4 cm³/mol. The van der Waals surface area contributed by atoms with Crippen LogP contribution in [0.5, 0.6) is 0 Å². The van der Waals surface area contributed by atoms with Gasteiger partial charge in [0.05, 0.1) is 23.9 Å². The number of anilines is 1. The van der Waals surface area contributed by atoms with E-state index in [1.54, 1.807) is 12.5 Å². The fraction of sp³-hybridized carbons (Fsp3) is 0.333. The molecule has 0 atom stereocenters. The number of hydrogen-bond acceptors (Lipinski definition) is 5. The highest BCUT2D eigenvalue weighted by atomic mass is 32.1. The molecule has 1 aliphatic carbocycles. The molecule has 1 aliphatic rings. The van der Waals surface area contributed by atoms with Crippen molar-refractivity contribution in [3.05, 3.63) is 35.2 Å². The van der Waals surface area contributed by atoms with Crippen LogP contribution in [-0.2, 0) is 6.54 Å². The lowest BCUT2D eigenvalue weighted by atomic mass is 10.4. The van der Waals surface area contributed by atoms with Gasteiger partial charge in [-0.05, 0) is 25.0 Å². The van der Waals surface area contributed by atoms with Crippen molar-refractivity contribution in [1.29, 1.82) is 0 Å². The molecule has 17 heavy (non-hydrogen) atoms. The Labute approximate surface area is 103 Å². The summed E-state index contributed by atoms with van der Waals surface area (Å²) in [5.41, 5.74) is 0. The van der Waals surface area contributed by atoms with Gasteiger partial charge in [-0.25, -0.2) is 4.98 Å². The summed E-state index contributed by atoms with van der Waals surface area (Å²) < 4.78 is 5.36. The Morgan fingerprint density at radius 3 is 3.06 bits per heavy atom. The van der Waals surface area contributed by atoms with Crippen LogP contribution in [0.25, 0.3) is 0 Å². The number of rotatable bonds is 5. The summed E-state index contributed by atoms with van der Waals surface area (Å²) in [4.78, 5) is 17.9. The van der Waals surface area contributed by atoms with E-state index < -0.39 is 0 Å². The van der Waals surface area contributed by atoms with E-state index in [-0.39, 0.29) is 0 Å². The van der Waals surface area contributed by atoms with E-state index in [4.69, 9.17) is 4.42 Å².